The fourth-order valence-corrected chi connectivity index (χ4v) is 5.62. The van der Waals surface area contributed by atoms with E-state index < -0.39 is 11.0 Å². The Bertz CT molecular complexity index is 1630. The molecule has 0 spiro atoms. The summed E-state index contributed by atoms with van der Waals surface area (Å²) in [5.74, 6) is 0.653. The number of nitro benzene ring substituents is 1. The Labute approximate surface area is 234 Å². The second kappa shape index (κ2) is 10.9. The zero-order chi connectivity index (χ0) is 27.7. The van der Waals surface area contributed by atoms with Crippen LogP contribution in [-0.2, 0) is 10.5 Å². The molecule has 1 aliphatic heterocycles. The van der Waals surface area contributed by atoms with Gasteiger partial charge in [0.05, 0.1) is 10.5 Å². The van der Waals surface area contributed by atoms with E-state index in [0.717, 1.165) is 16.7 Å². The molecule has 0 fully saturated rings. The van der Waals surface area contributed by atoms with E-state index in [9.17, 15) is 14.9 Å². The van der Waals surface area contributed by atoms with Crippen molar-refractivity contribution in [3.05, 3.63) is 115 Å². The maximum atomic E-state index is 13.8. The molecular weight excluding hydrogens is 536 g/mol. The number of allylic oxidation sites excluding steroid dienone is 1. The minimum atomic E-state index is -0.742. The van der Waals surface area contributed by atoms with Crippen LogP contribution < -0.4 is 10.6 Å². The highest BCUT2D eigenvalue weighted by Crippen LogP contribution is 2.38. The summed E-state index contributed by atoms with van der Waals surface area (Å²) in [5, 5.41) is 23.6. The molecule has 0 radical (unpaired) electrons. The minimum Gasteiger partial charge on any atom is -0.328 e. The number of rotatable bonds is 7. The predicted octanol–water partition coefficient (Wildman–Crippen LogP) is 6.68. The van der Waals surface area contributed by atoms with Gasteiger partial charge in [-0.05, 0) is 49.6 Å². The van der Waals surface area contributed by atoms with E-state index in [-0.39, 0.29) is 11.6 Å². The third-order valence-corrected chi connectivity index (χ3v) is 7.67. The first-order valence-electron chi connectivity index (χ1n) is 12.1. The van der Waals surface area contributed by atoms with Gasteiger partial charge in [0, 0.05) is 34.3 Å². The lowest BCUT2D eigenvalue weighted by molar-refractivity contribution is -0.384. The van der Waals surface area contributed by atoms with Gasteiger partial charge in [-0.25, -0.2) is 4.68 Å². The van der Waals surface area contributed by atoms with Crippen molar-refractivity contribution < 1.29 is 9.72 Å². The number of anilines is 2. The van der Waals surface area contributed by atoms with Crippen LogP contribution in [0.4, 0.5) is 17.3 Å². The molecule has 1 amide bonds. The standard InChI is InChI=1S/C28H25ClN6O3S/c1-16-11-12-23(17(2)13-16)31-26(36)24-18(3)30-27-32-28(39-15-20-7-4-5-10-22(20)29)33-34(27)25(24)19-8-6-9-21(14-19)35(37)38/h4-14,25H,15H2,1-3H3,(H,31,36)(H,30,32,33). The third-order valence-electron chi connectivity index (χ3n) is 6.42. The summed E-state index contributed by atoms with van der Waals surface area (Å²) in [4.78, 5) is 29.5. The highest BCUT2D eigenvalue weighted by molar-refractivity contribution is 7.98. The topological polar surface area (TPSA) is 115 Å². The number of hydrogen-bond donors (Lipinski definition) is 2. The number of nitrogens with one attached hydrogen (secondary N) is 2. The number of nitrogens with zero attached hydrogens (tertiary/aromatic N) is 4. The van der Waals surface area contributed by atoms with Crippen molar-refractivity contribution in [3.63, 3.8) is 0 Å². The quantitative estimate of drug-likeness (QED) is 0.147. The molecule has 39 heavy (non-hydrogen) atoms. The van der Waals surface area contributed by atoms with Crippen LogP contribution in [0.15, 0.2) is 83.2 Å². The normalized spacial score (nSPS) is 14.5. The van der Waals surface area contributed by atoms with Crippen LogP contribution in [0.5, 0.6) is 0 Å². The fraction of sp³-hybridized carbons (Fsp3) is 0.179. The first-order chi connectivity index (χ1) is 18.7. The number of aromatic nitrogens is 3. The Balaban J connectivity index is 1.53. The molecule has 1 aromatic heterocycles. The minimum absolute atomic E-state index is 0.0761. The Morgan fingerprint density at radius 2 is 1.92 bits per heavy atom. The van der Waals surface area contributed by atoms with Gasteiger partial charge in [-0.1, -0.05) is 71.4 Å². The van der Waals surface area contributed by atoms with E-state index in [4.69, 9.17) is 16.7 Å². The van der Waals surface area contributed by atoms with Crippen molar-refractivity contribution >= 4 is 46.6 Å². The molecule has 9 nitrogen and oxygen atoms in total. The zero-order valence-corrected chi connectivity index (χ0v) is 23.0. The van der Waals surface area contributed by atoms with Crippen molar-refractivity contribution in [2.24, 2.45) is 0 Å². The molecular formula is C28H25ClN6O3S. The number of aryl methyl sites for hydroxylation is 2. The largest absolute Gasteiger partial charge is 0.328 e. The molecule has 1 aliphatic rings. The monoisotopic (exact) mass is 560 g/mol. The summed E-state index contributed by atoms with van der Waals surface area (Å²) in [5.41, 5.74) is 5.08. The fourth-order valence-electron chi connectivity index (χ4n) is 4.50. The Morgan fingerprint density at radius 3 is 2.67 bits per heavy atom. The van der Waals surface area contributed by atoms with Gasteiger partial charge in [-0.2, -0.15) is 4.98 Å². The number of carbonyl (C=O) groups excluding carboxylic acids is 1. The van der Waals surface area contributed by atoms with Gasteiger partial charge in [0.25, 0.3) is 11.6 Å². The molecule has 3 aromatic carbocycles. The van der Waals surface area contributed by atoms with E-state index >= 15 is 0 Å². The first kappa shape index (κ1) is 26.5. The average molecular weight is 561 g/mol. The highest BCUT2D eigenvalue weighted by Gasteiger charge is 2.35. The molecule has 0 aliphatic carbocycles. The molecule has 1 atom stereocenters. The lowest BCUT2D eigenvalue weighted by atomic mass is 9.94. The lowest BCUT2D eigenvalue weighted by Gasteiger charge is -2.28. The maximum Gasteiger partial charge on any atom is 0.269 e. The van der Waals surface area contributed by atoms with Crippen LogP contribution in [0.25, 0.3) is 0 Å². The van der Waals surface area contributed by atoms with Crippen LogP contribution in [0, 0.1) is 24.0 Å². The number of nitro groups is 1. The summed E-state index contributed by atoms with van der Waals surface area (Å²) in [6.07, 6.45) is 0. The van der Waals surface area contributed by atoms with Crippen LogP contribution in [0.1, 0.15) is 35.2 Å². The van der Waals surface area contributed by atoms with Crippen LogP contribution >= 0.6 is 23.4 Å². The number of amides is 1. The molecule has 0 saturated carbocycles. The molecule has 1 unspecified atom stereocenters. The summed E-state index contributed by atoms with van der Waals surface area (Å²) >= 11 is 7.72. The van der Waals surface area contributed by atoms with Gasteiger partial charge in [0.15, 0.2) is 0 Å². The molecule has 4 aromatic rings. The average Bonchev–Trinajstić information content (AvgIpc) is 3.31. The van der Waals surface area contributed by atoms with Gasteiger partial charge in [0.2, 0.25) is 11.1 Å². The maximum absolute atomic E-state index is 13.8. The second-order valence-electron chi connectivity index (χ2n) is 9.23. The van der Waals surface area contributed by atoms with Crippen LogP contribution in [0.3, 0.4) is 0 Å². The molecule has 2 heterocycles. The number of fused-ring (bicyclic) bond motifs is 1. The summed E-state index contributed by atoms with van der Waals surface area (Å²) in [6.45, 7) is 5.71. The third kappa shape index (κ3) is 5.52. The predicted molar refractivity (Wildman–Crippen MR) is 153 cm³/mol. The molecule has 0 bridgehead atoms. The molecule has 0 saturated heterocycles. The van der Waals surface area contributed by atoms with Crippen molar-refractivity contribution in [3.8, 4) is 0 Å². The van der Waals surface area contributed by atoms with E-state index in [1.165, 1.54) is 23.9 Å². The summed E-state index contributed by atoms with van der Waals surface area (Å²) in [7, 11) is 0. The number of hydrogen-bond acceptors (Lipinski definition) is 7. The van der Waals surface area contributed by atoms with Crippen molar-refractivity contribution in [1.82, 2.24) is 14.8 Å². The molecule has 198 valence electrons. The number of benzene rings is 3. The second-order valence-corrected chi connectivity index (χ2v) is 10.6. The molecule has 2 N–H and O–H groups in total. The number of thioether (sulfide) groups is 1. The van der Waals surface area contributed by atoms with Crippen molar-refractivity contribution in [2.75, 3.05) is 10.6 Å². The van der Waals surface area contributed by atoms with E-state index in [1.807, 2.05) is 56.3 Å². The van der Waals surface area contributed by atoms with Crippen LogP contribution in [-0.4, -0.2) is 25.6 Å². The van der Waals surface area contributed by atoms with E-state index in [0.29, 0.717) is 44.4 Å². The van der Waals surface area contributed by atoms with Gasteiger partial charge in [-0.15, -0.1) is 5.10 Å². The summed E-state index contributed by atoms with van der Waals surface area (Å²) in [6, 6.07) is 18.8. The lowest BCUT2D eigenvalue weighted by Crippen LogP contribution is -2.31. The van der Waals surface area contributed by atoms with Gasteiger partial charge in [-0.3, -0.25) is 14.9 Å². The Hall–Kier alpha value is -4.15. The van der Waals surface area contributed by atoms with Crippen molar-refractivity contribution in [1.29, 1.82) is 0 Å². The van der Waals surface area contributed by atoms with Gasteiger partial charge < -0.3 is 10.6 Å². The van der Waals surface area contributed by atoms with Crippen LogP contribution in [0.2, 0.25) is 5.02 Å². The van der Waals surface area contributed by atoms with Gasteiger partial charge in [0.1, 0.15) is 6.04 Å². The first-order valence-corrected chi connectivity index (χ1v) is 13.5. The molecule has 11 heteroatoms. The van der Waals surface area contributed by atoms with E-state index in [2.05, 4.69) is 15.6 Å². The zero-order valence-electron chi connectivity index (χ0n) is 21.4. The SMILES string of the molecule is CC1=C(C(=O)Nc2ccc(C)cc2C)C(c2cccc([N+](=O)[O-])c2)n2nc(SCc3ccccc3Cl)nc2N1. The van der Waals surface area contributed by atoms with E-state index in [1.54, 1.807) is 23.7 Å². The molecule has 5 rings (SSSR count). The number of non-ortho nitro benzene ring substituents is 1. The smallest absolute Gasteiger partial charge is 0.269 e. The number of carbonyl (C=O) groups is 1. The van der Waals surface area contributed by atoms with Crippen molar-refractivity contribution in [2.45, 2.75) is 37.7 Å². The highest BCUT2D eigenvalue weighted by atomic mass is 35.5. The number of halogens is 1. The summed E-state index contributed by atoms with van der Waals surface area (Å²) < 4.78 is 1.61. The Kier molecular flexibility index (Phi) is 7.40. The van der Waals surface area contributed by atoms with Gasteiger partial charge >= 0.3 is 0 Å². The Morgan fingerprint density at radius 1 is 1.13 bits per heavy atom.